The summed E-state index contributed by atoms with van der Waals surface area (Å²) in [5, 5.41) is 9.46. The maximum absolute atomic E-state index is 11.9. The van der Waals surface area contributed by atoms with E-state index in [-0.39, 0.29) is 19.2 Å². The maximum atomic E-state index is 11.9. The highest BCUT2D eigenvalue weighted by molar-refractivity contribution is 5.96. The summed E-state index contributed by atoms with van der Waals surface area (Å²) < 4.78 is 22.1. The fourth-order valence-electron chi connectivity index (χ4n) is 3.44. The first kappa shape index (κ1) is 18.2. The van der Waals surface area contributed by atoms with Gasteiger partial charge in [-0.25, -0.2) is 4.79 Å². The number of cyclic esters (lactones) is 1. The molecule has 0 bridgehead atoms. The summed E-state index contributed by atoms with van der Waals surface area (Å²) in [5.74, 6) is 0.0191. The number of methoxy groups -OCH3 is 2. The van der Waals surface area contributed by atoms with E-state index in [9.17, 15) is 14.7 Å². The van der Waals surface area contributed by atoms with Gasteiger partial charge in [-0.1, -0.05) is 12.1 Å². The first-order valence-electron chi connectivity index (χ1n) is 8.91. The molecule has 0 saturated heterocycles. The highest BCUT2D eigenvalue weighted by atomic mass is 16.5. The van der Waals surface area contributed by atoms with Gasteiger partial charge >= 0.3 is 11.9 Å². The van der Waals surface area contributed by atoms with Crippen LogP contribution in [-0.2, 0) is 16.1 Å². The second-order valence-corrected chi connectivity index (χ2v) is 6.96. The van der Waals surface area contributed by atoms with Gasteiger partial charge in [0.1, 0.15) is 18.6 Å². The summed E-state index contributed by atoms with van der Waals surface area (Å²) in [4.78, 5) is 23.5. The molecule has 2 aliphatic rings. The summed E-state index contributed by atoms with van der Waals surface area (Å²) >= 11 is 0. The number of carboxylic acids is 1. The summed E-state index contributed by atoms with van der Waals surface area (Å²) in [6.45, 7) is 0.209. The fraction of sp³-hybridized carbons (Fsp3) is 0.333. The van der Waals surface area contributed by atoms with Gasteiger partial charge in [-0.2, -0.15) is 0 Å². The minimum Gasteiger partial charge on any atom is -0.493 e. The fourth-order valence-corrected chi connectivity index (χ4v) is 3.44. The molecule has 1 fully saturated rings. The Morgan fingerprint density at radius 2 is 1.82 bits per heavy atom. The van der Waals surface area contributed by atoms with Crippen molar-refractivity contribution in [2.24, 2.45) is 5.41 Å². The van der Waals surface area contributed by atoms with Crippen molar-refractivity contribution in [2.75, 3.05) is 20.8 Å². The summed E-state index contributed by atoms with van der Waals surface area (Å²) in [5.41, 5.74) is 1.89. The van der Waals surface area contributed by atoms with E-state index in [4.69, 9.17) is 18.9 Å². The summed E-state index contributed by atoms with van der Waals surface area (Å²) in [6, 6.07) is 8.94. The number of ether oxygens (including phenoxy) is 4. The first-order chi connectivity index (χ1) is 13.5. The normalized spacial score (nSPS) is 16.1. The van der Waals surface area contributed by atoms with Crippen molar-refractivity contribution in [2.45, 2.75) is 19.4 Å². The zero-order valence-corrected chi connectivity index (χ0v) is 15.6. The van der Waals surface area contributed by atoms with Crippen LogP contribution in [0.25, 0.3) is 11.1 Å². The number of hydrogen-bond acceptors (Lipinski definition) is 6. The van der Waals surface area contributed by atoms with E-state index in [1.807, 2.05) is 12.1 Å². The number of carbonyl (C=O) groups excluding carboxylic acids is 1. The van der Waals surface area contributed by atoms with Gasteiger partial charge in [-0.15, -0.1) is 0 Å². The number of benzene rings is 2. The van der Waals surface area contributed by atoms with Crippen molar-refractivity contribution < 1.29 is 33.6 Å². The van der Waals surface area contributed by atoms with E-state index in [1.165, 1.54) is 14.2 Å². The molecule has 1 aliphatic heterocycles. The number of esters is 1. The highest BCUT2D eigenvalue weighted by Crippen LogP contribution is 2.50. The molecule has 0 spiro atoms. The third-order valence-corrected chi connectivity index (χ3v) is 5.33. The Kier molecular flexibility index (Phi) is 4.37. The Bertz CT molecular complexity index is 959. The standard InChI is InChI=1S/C21H20O7/c1-25-16-7-6-13(12-4-3-5-14-15(12)10-27-19(14)22)17(18(16)26-2)28-11-21(8-9-21)20(23)24/h3-7H,8-11H2,1-2H3,(H,23,24). The predicted octanol–water partition coefficient (Wildman–Crippen LogP) is 3.28. The number of fused-ring (bicyclic) bond motifs is 1. The molecule has 28 heavy (non-hydrogen) atoms. The Morgan fingerprint density at radius 3 is 2.46 bits per heavy atom. The molecule has 7 heteroatoms. The predicted molar refractivity (Wildman–Crippen MR) is 98.9 cm³/mol. The second kappa shape index (κ2) is 6.74. The van der Waals surface area contributed by atoms with Crippen molar-refractivity contribution in [1.29, 1.82) is 0 Å². The van der Waals surface area contributed by atoms with Crippen LogP contribution in [0.2, 0.25) is 0 Å². The lowest BCUT2D eigenvalue weighted by Gasteiger charge is -2.20. The van der Waals surface area contributed by atoms with E-state index in [2.05, 4.69) is 0 Å². The highest BCUT2D eigenvalue weighted by Gasteiger charge is 2.51. The molecule has 0 amide bonds. The molecule has 7 nitrogen and oxygen atoms in total. The third-order valence-electron chi connectivity index (χ3n) is 5.33. The topological polar surface area (TPSA) is 91.3 Å². The second-order valence-electron chi connectivity index (χ2n) is 6.96. The number of carboxylic acid groups (broad SMARTS) is 1. The van der Waals surface area contributed by atoms with Crippen molar-refractivity contribution >= 4 is 11.9 Å². The van der Waals surface area contributed by atoms with Crippen LogP contribution in [-0.4, -0.2) is 37.9 Å². The SMILES string of the molecule is COc1ccc(-c2cccc3c2COC3=O)c(OCC2(C(=O)O)CC2)c1OC. The van der Waals surface area contributed by atoms with Gasteiger partial charge in [0, 0.05) is 11.1 Å². The van der Waals surface area contributed by atoms with Gasteiger partial charge in [0.25, 0.3) is 0 Å². The van der Waals surface area contributed by atoms with Crippen molar-refractivity contribution in [3.05, 3.63) is 41.5 Å². The minimum absolute atomic E-state index is 0.0311. The van der Waals surface area contributed by atoms with Gasteiger partial charge in [0.2, 0.25) is 5.75 Å². The first-order valence-corrected chi connectivity index (χ1v) is 8.91. The minimum atomic E-state index is -0.865. The van der Waals surface area contributed by atoms with Crippen LogP contribution in [0.1, 0.15) is 28.8 Å². The molecule has 0 radical (unpaired) electrons. The molecule has 4 rings (SSSR count). The molecule has 146 valence electrons. The lowest BCUT2D eigenvalue weighted by atomic mass is 9.95. The Balaban J connectivity index is 1.82. The number of carbonyl (C=O) groups is 2. The van der Waals surface area contributed by atoms with Gasteiger partial charge < -0.3 is 24.1 Å². The van der Waals surface area contributed by atoms with E-state index < -0.39 is 11.4 Å². The molecule has 1 aliphatic carbocycles. The quantitative estimate of drug-likeness (QED) is 0.733. The number of rotatable bonds is 7. The van der Waals surface area contributed by atoms with E-state index >= 15 is 0 Å². The van der Waals surface area contributed by atoms with Crippen LogP contribution in [0.5, 0.6) is 17.2 Å². The molecule has 1 N–H and O–H groups in total. The van der Waals surface area contributed by atoms with Crippen LogP contribution >= 0.6 is 0 Å². The number of aliphatic carboxylic acids is 1. The van der Waals surface area contributed by atoms with Crippen molar-refractivity contribution in [3.63, 3.8) is 0 Å². The zero-order valence-electron chi connectivity index (χ0n) is 15.6. The zero-order chi connectivity index (χ0) is 19.9. The monoisotopic (exact) mass is 384 g/mol. The third kappa shape index (κ3) is 2.83. The molecule has 1 saturated carbocycles. The molecular formula is C21H20O7. The van der Waals surface area contributed by atoms with Crippen LogP contribution in [0.3, 0.4) is 0 Å². The van der Waals surface area contributed by atoms with Crippen molar-refractivity contribution in [3.8, 4) is 28.4 Å². The van der Waals surface area contributed by atoms with Gasteiger partial charge in [-0.3, -0.25) is 4.79 Å². The Morgan fingerprint density at radius 1 is 1.07 bits per heavy atom. The molecule has 0 atom stereocenters. The Labute approximate surface area is 161 Å². The molecular weight excluding hydrogens is 364 g/mol. The smallest absolute Gasteiger partial charge is 0.338 e. The summed E-state index contributed by atoms with van der Waals surface area (Å²) in [7, 11) is 3.02. The average Bonchev–Trinajstić information content (AvgIpc) is 3.42. The van der Waals surface area contributed by atoms with E-state index in [0.29, 0.717) is 41.2 Å². The van der Waals surface area contributed by atoms with Gasteiger partial charge in [-0.05, 0) is 36.6 Å². The molecule has 2 aromatic carbocycles. The van der Waals surface area contributed by atoms with E-state index in [0.717, 1.165) is 11.1 Å². The molecule has 1 heterocycles. The van der Waals surface area contributed by atoms with Crippen LogP contribution in [0.15, 0.2) is 30.3 Å². The maximum Gasteiger partial charge on any atom is 0.338 e. The number of hydrogen-bond donors (Lipinski definition) is 1. The van der Waals surface area contributed by atoms with Crippen LogP contribution < -0.4 is 14.2 Å². The van der Waals surface area contributed by atoms with E-state index in [1.54, 1.807) is 18.2 Å². The van der Waals surface area contributed by atoms with Crippen LogP contribution in [0, 0.1) is 5.41 Å². The van der Waals surface area contributed by atoms with Crippen molar-refractivity contribution in [1.82, 2.24) is 0 Å². The molecule has 0 unspecified atom stereocenters. The van der Waals surface area contributed by atoms with Crippen LogP contribution in [0.4, 0.5) is 0 Å². The van der Waals surface area contributed by atoms with Gasteiger partial charge in [0.15, 0.2) is 11.5 Å². The largest absolute Gasteiger partial charge is 0.493 e. The molecule has 0 aromatic heterocycles. The summed E-state index contributed by atoms with van der Waals surface area (Å²) in [6.07, 6.45) is 1.15. The Hall–Kier alpha value is -3.22. The average molecular weight is 384 g/mol. The van der Waals surface area contributed by atoms with Gasteiger partial charge in [0.05, 0.1) is 19.8 Å². The lowest BCUT2D eigenvalue weighted by Crippen LogP contribution is -2.23. The lowest BCUT2D eigenvalue weighted by molar-refractivity contribution is -0.144. The molecule has 2 aromatic rings.